The number of hydrogen-bond donors (Lipinski definition) is 3. The van der Waals surface area contributed by atoms with Gasteiger partial charge in [-0.05, 0) is 44.2 Å². The largest absolute Gasteiger partial charge is 0.508 e. The molecular formula is C18H22O5. The summed E-state index contributed by atoms with van der Waals surface area (Å²) in [6.45, 7) is 1.78. The molecule has 124 valence electrons. The maximum atomic E-state index is 12.3. The van der Waals surface area contributed by atoms with E-state index >= 15 is 0 Å². The van der Waals surface area contributed by atoms with E-state index < -0.39 is 12.1 Å². The Bertz CT molecular complexity index is 618. The fourth-order valence-electron chi connectivity index (χ4n) is 2.51. The monoisotopic (exact) mass is 318 g/mol. The highest BCUT2D eigenvalue weighted by Crippen LogP contribution is 2.29. The Hall–Kier alpha value is -2.27. The number of hydrogen-bond acceptors (Lipinski definition) is 5. The van der Waals surface area contributed by atoms with Crippen molar-refractivity contribution in [2.24, 2.45) is 0 Å². The molecule has 1 aliphatic rings. The van der Waals surface area contributed by atoms with E-state index in [4.69, 9.17) is 4.74 Å². The van der Waals surface area contributed by atoms with Gasteiger partial charge >= 0.3 is 5.97 Å². The molecule has 0 bridgehead atoms. The van der Waals surface area contributed by atoms with Gasteiger partial charge in [0.25, 0.3) is 0 Å². The van der Waals surface area contributed by atoms with Crippen molar-refractivity contribution in [3.05, 3.63) is 41.5 Å². The van der Waals surface area contributed by atoms with Crippen LogP contribution in [0.3, 0.4) is 0 Å². The van der Waals surface area contributed by atoms with Crippen molar-refractivity contribution in [3.63, 3.8) is 0 Å². The number of fused-ring (bicyclic) bond motifs is 1. The average Bonchev–Trinajstić information content (AvgIpc) is 2.45. The summed E-state index contributed by atoms with van der Waals surface area (Å²) in [6.07, 6.45) is 8.71. The molecule has 0 fully saturated rings. The molecule has 0 amide bonds. The molecule has 23 heavy (non-hydrogen) atoms. The van der Waals surface area contributed by atoms with Crippen LogP contribution in [0.2, 0.25) is 0 Å². The molecule has 5 heteroatoms. The maximum absolute atomic E-state index is 12.3. The van der Waals surface area contributed by atoms with Gasteiger partial charge in [0, 0.05) is 6.07 Å². The molecule has 1 aromatic carbocycles. The number of benzene rings is 1. The normalized spacial score (nSPS) is 25.7. The Morgan fingerprint density at radius 1 is 1.17 bits per heavy atom. The molecular weight excluding hydrogens is 296 g/mol. The number of esters is 1. The number of phenolic OH excluding ortho intramolecular Hbond substituents is 2. The van der Waals surface area contributed by atoms with E-state index in [1.165, 1.54) is 6.07 Å². The third-order valence-electron chi connectivity index (χ3n) is 3.68. The zero-order valence-corrected chi connectivity index (χ0v) is 13.1. The first kappa shape index (κ1) is 17.1. The summed E-state index contributed by atoms with van der Waals surface area (Å²) in [6, 6.07) is 2.53. The highest BCUT2D eigenvalue weighted by molar-refractivity contribution is 5.97. The van der Waals surface area contributed by atoms with E-state index in [2.05, 4.69) is 0 Å². The quantitative estimate of drug-likeness (QED) is 0.505. The molecule has 1 heterocycles. The average molecular weight is 318 g/mol. The lowest BCUT2D eigenvalue weighted by molar-refractivity contribution is 0.0311. The zero-order valence-electron chi connectivity index (χ0n) is 13.1. The summed E-state index contributed by atoms with van der Waals surface area (Å²) >= 11 is 0. The van der Waals surface area contributed by atoms with Crippen LogP contribution in [0.25, 0.3) is 6.08 Å². The van der Waals surface area contributed by atoms with Crippen molar-refractivity contribution in [1.29, 1.82) is 0 Å². The molecule has 2 atom stereocenters. The molecule has 2 rings (SSSR count). The second kappa shape index (κ2) is 7.83. The van der Waals surface area contributed by atoms with Crippen LogP contribution in [0.1, 0.15) is 48.5 Å². The van der Waals surface area contributed by atoms with Gasteiger partial charge in [-0.25, -0.2) is 4.79 Å². The molecule has 0 spiro atoms. The third kappa shape index (κ3) is 4.86. The Morgan fingerprint density at radius 2 is 1.96 bits per heavy atom. The second-order valence-electron chi connectivity index (χ2n) is 5.71. The van der Waals surface area contributed by atoms with Gasteiger partial charge in [0.2, 0.25) is 0 Å². The van der Waals surface area contributed by atoms with Crippen molar-refractivity contribution >= 4 is 12.0 Å². The summed E-state index contributed by atoms with van der Waals surface area (Å²) in [5.41, 5.74) is 0.442. The van der Waals surface area contributed by atoms with Crippen LogP contribution in [0.4, 0.5) is 0 Å². The predicted octanol–water partition coefficient (Wildman–Crippen LogP) is 3.15. The highest BCUT2D eigenvalue weighted by Gasteiger charge is 2.20. The van der Waals surface area contributed by atoms with Gasteiger partial charge in [-0.3, -0.25) is 0 Å². The first-order valence-corrected chi connectivity index (χ1v) is 7.75. The Labute approximate surface area is 135 Å². The highest BCUT2D eigenvalue weighted by atomic mass is 16.5. The molecule has 0 aliphatic carbocycles. The number of aliphatic hydroxyl groups excluding tert-OH is 1. The minimum Gasteiger partial charge on any atom is -0.508 e. The summed E-state index contributed by atoms with van der Waals surface area (Å²) in [4.78, 5) is 12.3. The number of phenols is 2. The molecule has 0 saturated heterocycles. The zero-order chi connectivity index (χ0) is 16.8. The number of rotatable bonds is 0. The van der Waals surface area contributed by atoms with E-state index in [-0.39, 0.29) is 23.2 Å². The lowest BCUT2D eigenvalue weighted by atomic mass is 10.0. The van der Waals surface area contributed by atoms with E-state index in [0.29, 0.717) is 24.8 Å². The van der Waals surface area contributed by atoms with Crippen LogP contribution < -0.4 is 0 Å². The van der Waals surface area contributed by atoms with Crippen LogP contribution in [-0.2, 0) is 4.74 Å². The van der Waals surface area contributed by atoms with Crippen LogP contribution in [0.5, 0.6) is 11.5 Å². The van der Waals surface area contributed by atoms with Crippen LogP contribution in [-0.4, -0.2) is 33.5 Å². The molecule has 0 radical (unpaired) electrons. The minimum atomic E-state index is -0.622. The van der Waals surface area contributed by atoms with E-state index in [0.717, 1.165) is 12.5 Å². The van der Waals surface area contributed by atoms with Gasteiger partial charge in [0.05, 0.1) is 12.2 Å². The summed E-state index contributed by atoms with van der Waals surface area (Å²) in [5.74, 6) is -1.05. The Kier molecular flexibility index (Phi) is 5.82. The van der Waals surface area contributed by atoms with Crippen molar-refractivity contribution in [2.45, 2.75) is 44.8 Å². The predicted molar refractivity (Wildman–Crippen MR) is 87.3 cm³/mol. The SMILES string of the molecule is C[C@H]1CCC[C@H](O)/C=C/C/C=C/c2cc(O)cc(O)c2C(=O)O1. The van der Waals surface area contributed by atoms with Crippen molar-refractivity contribution < 1.29 is 24.9 Å². The van der Waals surface area contributed by atoms with Crippen molar-refractivity contribution in [1.82, 2.24) is 0 Å². The van der Waals surface area contributed by atoms with Crippen LogP contribution >= 0.6 is 0 Å². The van der Waals surface area contributed by atoms with E-state index in [1.54, 1.807) is 25.2 Å². The van der Waals surface area contributed by atoms with Gasteiger partial charge in [-0.2, -0.15) is 0 Å². The number of cyclic esters (lactones) is 1. The van der Waals surface area contributed by atoms with Crippen molar-refractivity contribution in [3.8, 4) is 11.5 Å². The lowest BCUT2D eigenvalue weighted by Crippen LogP contribution is -2.17. The second-order valence-corrected chi connectivity index (χ2v) is 5.71. The van der Waals surface area contributed by atoms with Gasteiger partial charge in [0.1, 0.15) is 17.1 Å². The minimum absolute atomic E-state index is 0.0481. The first-order valence-electron chi connectivity index (χ1n) is 7.75. The van der Waals surface area contributed by atoms with Gasteiger partial charge in [-0.1, -0.05) is 24.3 Å². The van der Waals surface area contributed by atoms with Gasteiger partial charge in [0.15, 0.2) is 0 Å². The smallest absolute Gasteiger partial charge is 0.342 e. The number of aliphatic hydroxyl groups is 1. The first-order chi connectivity index (χ1) is 11.0. The van der Waals surface area contributed by atoms with E-state index in [1.807, 2.05) is 6.08 Å². The molecule has 5 nitrogen and oxygen atoms in total. The molecule has 0 aromatic heterocycles. The number of aromatic hydroxyl groups is 2. The molecule has 1 aromatic rings. The standard InChI is InChI=1S/C18H22O5/c1-12-6-5-9-14(19)8-4-2-3-7-13-10-15(20)11-16(21)17(13)18(22)23-12/h3-4,7-8,10-12,14,19-21H,2,5-6,9H2,1H3/b7-3+,8-4+/t12-,14+/m0/s1. The number of ether oxygens (including phenoxy) is 1. The maximum Gasteiger partial charge on any atom is 0.342 e. The summed E-state index contributed by atoms with van der Waals surface area (Å²) < 4.78 is 5.36. The fourth-order valence-corrected chi connectivity index (χ4v) is 2.51. The van der Waals surface area contributed by atoms with Crippen LogP contribution in [0, 0.1) is 0 Å². The molecule has 0 saturated carbocycles. The number of carbonyl (C=O) groups excluding carboxylic acids is 1. The Morgan fingerprint density at radius 3 is 2.74 bits per heavy atom. The van der Waals surface area contributed by atoms with Crippen molar-refractivity contribution in [2.75, 3.05) is 0 Å². The topological polar surface area (TPSA) is 87.0 Å². The van der Waals surface area contributed by atoms with E-state index in [9.17, 15) is 20.1 Å². The van der Waals surface area contributed by atoms with Gasteiger partial charge in [-0.15, -0.1) is 0 Å². The number of carbonyl (C=O) groups is 1. The molecule has 3 N–H and O–H groups in total. The van der Waals surface area contributed by atoms with Crippen LogP contribution in [0.15, 0.2) is 30.4 Å². The Balaban J connectivity index is 2.36. The fraction of sp³-hybridized carbons (Fsp3) is 0.389. The number of allylic oxidation sites excluding steroid dienone is 2. The summed E-state index contributed by atoms with van der Waals surface area (Å²) in [7, 11) is 0. The lowest BCUT2D eigenvalue weighted by Gasteiger charge is -2.16. The molecule has 0 unspecified atom stereocenters. The summed E-state index contributed by atoms with van der Waals surface area (Å²) in [5, 5.41) is 29.4. The van der Waals surface area contributed by atoms with Gasteiger partial charge < -0.3 is 20.1 Å². The molecule has 1 aliphatic heterocycles. The third-order valence-corrected chi connectivity index (χ3v) is 3.68.